The van der Waals surface area contributed by atoms with Crippen molar-refractivity contribution in [3.63, 3.8) is 0 Å². The maximum Gasteiger partial charge on any atom is 0.416 e. The third-order valence-corrected chi connectivity index (χ3v) is 4.62. The van der Waals surface area contributed by atoms with Crippen molar-refractivity contribution in [1.29, 1.82) is 0 Å². The molecule has 1 heterocycles. The Balaban J connectivity index is 0.00000208. The standard InChI is InChI=1S/C18H14F3NS.ClH/c19-18(20,21)15-9-7-13(8-10-15)12-3-5-14(6-4-12)17(22)16-2-1-11-23-16;/h1-11,17H,22H2;1H/t17-;/m0./s1. The Morgan fingerprint density at radius 2 is 1.38 bits per heavy atom. The number of thiophene rings is 1. The number of benzene rings is 2. The minimum atomic E-state index is -4.31. The van der Waals surface area contributed by atoms with Gasteiger partial charge in [-0.25, -0.2) is 0 Å². The summed E-state index contributed by atoms with van der Waals surface area (Å²) in [4.78, 5) is 1.08. The highest BCUT2D eigenvalue weighted by atomic mass is 35.5. The monoisotopic (exact) mass is 369 g/mol. The first kappa shape index (κ1) is 18.5. The maximum atomic E-state index is 12.6. The predicted molar refractivity (Wildman–Crippen MR) is 94.5 cm³/mol. The van der Waals surface area contributed by atoms with Crippen LogP contribution in [0.4, 0.5) is 13.2 Å². The summed E-state index contributed by atoms with van der Waals surface area (Å²) in [6.07, 6.45) is -4.31. The Morgan fingerprint density at radius 3 is 1.83 bits per heavy atom. The second-order valence-corrected chi connectivity index (χ2v) is 6.17. The molecule has 6 heteroatoms. The molecule has 0 aliphatic carbocycles. The van der Waals surface area contributed by atoms with E-state index in [1.165, 1.54) is 12.1 Å². The maximum absolute atomic E-state index is 12.6. The first-order valence-electron chi connectivity index (χ1n) is 7.02. The molecule has 2 N–H and O–H groups in total. The molecule has 1 atom stereocenters. The Hall–Kier alpha value is -1.82. The molecule has 0 spiro atoms. The Bertz CT molecular complexity index is 766. The molecule has 0 aliphatic heterocycles. The van der Waals surface area contributed by atoms with Crippen LogP contribution in [-0.2, 0) is 6.18 Å². The Morgan fingerprint density at radius 1 is 0.833 bits per heavy atom. The lowest BCUT2D eigenvalue weighted by Gasteiger charge is -2.11. The highest BCUT2D eigenvalue weighted by Crippen LogP contribution is 2.31. The molecule has 3 rings (SSSR count). The van der Waals surface area contributed by atoms with E-state index in [2.05, 4.69) is 0 Å². The predicted octanol–water partition coefficient (Wildman–Crippen LogP) is 5.90. The van der Waals surface area contributed by atoms with Crippen LogP contribution in [0.5, 0.6) is 0 Å². The van der Waals surface area contributed by atoms with Gasteiger partial charge in [0.2, 0.25) is 0 Å². The molecule has 0 amide bonds. The number of alkyl halides is 3. The van der Waals surface area contributed by atoms with Gasteiger partial charge in [-0.3, -0.25) is 0 Å². The molecule has 0 saturated heterocycles. The normalized spacial score (nSPS) is 12.5. The summed E-state index contributed by atoms with van der Waals surface area (Å²) in [6, 6.07) is 16.5. The van der Waals surface area contributed by atoms with Gasteiger partial charge < -0.3 is 5.73 Å². The molecule has 0 aliphatic rings. The minimum absolute atomic E-state index is 0. The molecule has 0 fully saturated rings. The van der Waals surface area contributed by atoms with E-state index in [-0.39, 0.29) is 18.4 Å². The van der Waals surface area contributed by atoms with Gasteiger partial charge in [0.25, 0.3) is 0 Å². The van der Waals surface area contributed by atoms with Gasteiger partial charge in [-0.05, 0) is 40.3 Å². The van der Waals surface area contributed by atoms with E-state index in [1.54, 1.807) is 11.3 Å². The van der Waals surface area contributed by atoms with Gasteiger partial charge in [-0.2, -0.15) is 13.2 Å². The van der Waals surface area contributed by atoms with Crippen LogP contribution in [0, 0.1) is 0 Å². The summed E-state index contributed by atoms with van der Waals surface area (Å²) in [7, 11) is 0. The smallest absolute Gasteiger partial charge is 0.320 e. The van der Waals surface area contributed by atoms with Gasteiger partial charge in [-0.15, -0.1) is 23.7 Å². The van der Waals surface area contributed by atoms with Gasteiger partial charge in [0, 0.05) is 4.88 Å². The van der Waals surface area contributed by atoms with Crippen LogP contribution in [0.1, 0.15) is 22.0 Å². The van der Waals surface area contributed by atoms with Gasteiger partial charge in [0.1, 0.15) is 0 Å². The first-order chi connectivity index (χ1) is 10.9. The van der Waals surface area contributed by atoms with Crippen molar-refractivity contribution in [1.82, 2.24) is 0 Å². The summed E-state index contributed by atoms with van der Waals surface area (Å²) < 4.78 is 37.8. The van der Waals surface area contributed by atoms with Gasteiger partial charge in [0.05, 0.1) is 11.6 Å². The summed E-state index contributed by atoms with van der Waals surface area (Å²) in [5.74, 6) is 0. The number of hydrogen-bond donors (Lipinski definition) is 1. The van der Waals surface area contributed by atoms with Crippen LogP contribution in [-0.4, -0.2) is 0 Å². The fraction of sp³-hybridized carbons (Fsp3) is 0.111. The molecule has 2 aromatic carbocycles. The summed E-state index contributed by atoms with van der Waals surface area (Å²) in [6.45, 7) is 0. The summed E-state index contributed by atoms with van der Waals surface area (Å²) in [5.41, 5.74) is 8.14. The molecule has 0 radical (unpaired) electrons. The molecule has 0 saturated carbocycles. The summed E-state index contributed by atoms with van der Waals surface area (Å²) in [5, 5.41) is 1.98. The highest BCUT2D eigenvalue weighted by molar-refractivity contribution is 7.10. The van der Waals surface area contributed by atoms with E-state index in [4.69, 9.17) is 5.73 Å². The molecule has 1 nitrogen and oxygen atoms in total. The topological polar surface area (TPSA) is 26.0 Å². The van der Waals surface area contributed by atoms with Crippen LogP contribution in [0.3, 0.4) is 0 Å². The van der Waals surface area contributed by atoms with Gasteiger partial charge in [-0.1, -0.05) is 42.5 Å². The lowest BCUT2D eigenvalue weighted by Crippen LogP contribution is -2.09. The van der Waals surface area contributed by atoms with Crippen LogP contribution in [0.2, 0.25) is 0 Å². The quantitative estimate of drug-likeness (QED) is 0.610. The molecular formula is C18H15ClF3NS. The van der Waals surface area contributed by atoms with Gasteiger partial charge in [0.15, 0.2) is 0 Å². The van der Waals surface area contributed by atoms with Crippen molar-refractivity contribution < 1.29 is 13.2 Å². The zero-order valence-electron chi connectivity index (χ0n) is 12.5. The second kappa shape index (κ2) is 7.38. The van der Waals surface area contributed by atoms with Crippen molar-refractivity contribution in [2.75, 3.05) is 0 Å². The van der Waals surface area contributed by atoms with E-state index in [9.17, 15) is 13.2 Å². The third kappa shape index (κ3) is 3.98. The molecule has 0 unspecified atom stereocenters. The zero-order valence-corrected chi connectivity index (χ0v) is 14.1. The van der Waals surface area contributed by atoms with Crippen molar-refractivity contribution in [3.8, 4) is 11.1 Å². The van der Waals surface area contributed by atoms with E-state index >= 15 is 0 Å². The lowest BCUT2D eigenvalue weighted by atomic mass is 9.99. The molecule has 1 aromatic heterocycles. The average molecular weight is 370 g/mol. The van der Waals surface area contributed by atoms with Crippen LogP contribution in [0.15, 0.2) is 66.0 Å². The van der Waals surface area contributed by atoms with E-state index in [1.807, 2.05) is 41.8 Å². The number of nitrogens with two attached hydrogens (primary N) is 1. The molecule has 0 bridgehead atoms. The zero-order chi connectivity index (χ0) is 16.4. The largest absolute Gasteiger partial charge is 0.416 e. The van der Waals surface area contributed by atoms with Crippen molar-refractivity contribution >= 4 is 23.7 Å². The molecule has 24 heavy (non-hydrogen) atoms. The second-order valence-electron chi connectivity index (χ2n) is 5.19. The summed E-state index contributed by atoms with van der Waals surface area (Å²) >= 11 is 1.60. The first-order valence-corrected chi connectivity index (χ1v) is 7.90. The molecular weight excluding hydrogens is 355 g/mol. The van der Waals surface area contributed by atoms with Crippen molar-refractivity contribution in [2.24, 2.45) is 5.73 Å². The fourth-order valence-electron chi connectivity index (χ4n) is 2.37. The van der Waals surface area contributed by atoms with Crippen LogP contribution >= 0.6 is 23.7 Å². The van der Waals surface area contributed by atoms with E-state index in [0.717, 1.165) is 33.7 Å². The van der Waals surface area contributed by atoms with Crippen molar-refractivity contribution in [2.45, 2.75) is 12.2 Å². The lowest BCUT2D eigenvalue weighted by molar-refractivity contribution is -0.137. The SMILES string of the molecule is Cl.N[C@@H](c1ccc(-c2ccc(C(F)(F)F)cc2)cc1)c1cccs1. The van der Waals surface area contributed by atoms with Crippen LogP contribution in [0.25, 0.3) is 11.1 Å². The van der Waals surface area contributed by atoms with E-state index in [0.29, 0.717) is 0 Å². The molecule has 3 aromatic rings. The minimum Gasteiger partial charge on any atom is -0.320 e. The Labute approximate surface area is 148 Å². The number of halogens is 4. The van der Waals surface area contributed by atoms with Crippen molar-refractivity contribution in [3.05, 3.63) is 82.0 Å². The fourth-order valence-corrected chi connectivity index (χ4v) is 3.12. The highest BCUT2D eigenvalue weighted by Gasteiger charge is 2.29. The van der Waals surface area contributed by atoms with Crippen LogP contribution < -0.4 is 5.73 Å². The molecule has 126 valence electrons. The number of hydrogen-bond acceptors (Lipinski definition) is 2. The average Bonchev–Trinajstić information content (AvgIpc) is 3.08. The Kier molecular flexibility index (Phi) is 5.70. The van der Waals surface area contributed by atoms with Gasteiger partial charge >= 0.3 is 6.18 Å². The van der Waals surface area contributed by atoms with E-state index < -0.39 is 11.7 Å². The third-order valence-electron chi connectivity index (χ3n) is 3.67. The number of rotatable bonds is 3.